The molecule has 2 aliphatic rings. The second-order valence-electron chi connectivity index (χ2n) is 3.61. The largest absolute Gasteiger partial charge is 0.306 e. The molecule has 0 saturated carbocycles. The van der Waals surface area contributed by atoms with Gasteiger partial charge in [-0.15, -0.1) is 0 Å². The number of carbonyl (C=O) groups is 1. The molecule has 0 spiro atoms. The first-order chi connectivity index (χ1) is 6.20. The second kappa shape index (κ2) is 3.38. The average molecular weight is 202 g/mol. The molecule has 13 heavy (non-hydrogen) atoms. The molecule has 74 valence electrons. The van der Waals surface area contributed by atoms with Crippen LogP contribution in [-0.4, -0.2) is 34.2 Å². The summed E-state index contributed by atoms with van der Waals surface area (Å²) in [6.45, 7) is 0.882. The highest BCUT2D eigenvalue weighted by Crippen LogP contribution is 2.15. The van der Waals surface area contributed by atoms with Gasteiger partial charge in [0.05, 0.1) is 15.8 Å². The quantitative estimate of drug-likeness (QED) is 0.658. The van der Waals surface area contributed by atoms with Gasteiger partial charge in [-0.1, -0.05) is 0 Å². The molecule has 0 aromatic rings. The predicted molar refractivity (Wildman–Crippen MR) is 51.0 cm³/mol. The fourth-order valence-electron chi connectivity index (χ4n) is 1.58. The summed E-state index contributed by atoms with van der Waals surface area (Å²) < 4.78 is 15.7. The zero-order valence-electron chi connectivity index (χ0n) is 7.49. The van der Waals surface area contributed by atoms with Crippen molar-refractivity contribution in [3.8, 4) is 0 Å². The Labute approximate surface area is 78.3 Å². The Morgan fingerprint density at radius 2 is 2.00 bits per heavy atom. The normalized spacial score (nSPS) is 30.9. The lowest BCUT2D eigenvalue weighted by Gasteiger charge is -2.23. The zero-order chi connectivity index (χ0) is 9.31. The molecular formula is C8H14N2O2S. The summed E-state index contributed by atoms with van der Waals surface area (Å²) in [6.07, 6.45) is 2.75. The summed E-state index contributed by atoms with van der Waals surface area (Å²) in [5.74, 6) is 1.04. The molecule has 0 aromatic carbocycles. The molecule has 2 aliphatic heterocycles. The Morgan fingerprint density at radius 3 is 2.46 bits per heavy atom. The zero-order valence-corrected chi connectivity index (χ0v) is 8.31. The number of carbonyl (C=O) groups excluding carboxylic acids is 1. The van der Waals surface area contributed by atoms with Crippen LogP contribution in [0.25, 0.3) is 0 Å². The number of rotatable bonds is 1. The number of nitrogens with one attached hydrogen (secondary N) is 1. The molecule has 2 saturated heterocycles. The Balaban J connectivity index is 2.09. The lowest BCUT2D eigenvalue weighted by molar-refractivity contribution is -0.121. The van der Waals surface area contributed by atoms with Gasteiger partial charge in [-0.2, -0.15) is 4.36 Å². The molecule has 4 nitrogen and oxygen atoms in total. The van der Waals surface area contributed by atoms with Crippen LogP contribution < -0.4 is 5.32 Å². The fourth-order valence-corrected chi connectivity index (χ4v) is 3.73. The molecule has 1 N–H and O–H groups in total. The van der Waals surface area contributed by atoms with Gasteiger partial charge in [-0.05, 0) is 25.8 Å². The summed E-state index contributed by atoms with van der Waals surface area (Å²) in [5.41, 5.74) is 0. The van der Waals surface area contributed by atoms with Crippen LogP contribution in [0.4, 0.5) is 0 Å². The SMILES string of the molecule is O=C(N=S1(=O)CCCC1)C1CCN1. The summed E-state index contributed by atoms with van der Waals surface area (Å²) in [7, 11) is -2.14. The molecule has 2 rings (SSSR count). The Hall–Kier alpha value is -0.420. The third kappa shape index (κ3) is 1.91. The maximum Gasteiger partial charge on any atom is 0.270 e. The number of nitrogens with zero attached hydrogens (tertiary/aromatic N) is 1. The van der Waals surface area contributed by atoms with Crippen molar-refractivity contribution in [2.75, 3.05) is 18.1 Å². The molecule has 0 bridgehead atoms. The molecule has 1 amide bonds. The first kappa shape index (κ1) is 9.15. The molecule has 5 heteroatoms. The van der Waals surface area contributed by atoms with E-state index < -0.39 is 9.73 Å². The van der Waals surface area contributed by atoms with Gasteiger partial charge >= 0.3 is 0 Å². The molecule has 0 aliphatic carbocycles. The minimum Gasteiger partial charge on any atom is -0.306 e. The van der Waals surface area contributed by atoms with Crippen molar-refractivity contribution < 1.29 is 9.00 Å². The van der Waals surface area contributed by atoms with Gasteiger partial charge in [0.1, 0.15) is 0 Å². The van der Waals surface area contributed by atoms with Crippen LogP contribution >= 0.6 is 0 Å². The van der Waals surface area contributed by atoms with E-state index in [1.807, 2.05) is 0 Å². The van der Waals surface area contributed by atoms with Crippen molar-refractivity contribution in [3.05, 3.63) is 0 Å². The average Bonchev–Trinajstić information content (AvgIpc) is 2.31. The van der Waals surface area contributed by atoms with Crippen molar-refractivity contribution in [1.29, 1.82) is 0 Å². The fraction of sp³-hybridized carbons (Fsp3) is 0.875. The van der Waals surface area contributed by atoms with Gasteiger partial charge in [-0.25, -0.2) is 4.21 Å². The number of hydrogen-bond acceptors (Lipinski definition) is 3. The highest BCUT2D eigenvalue weighted by molar-refractivity contribution is 7.94. The highest BCUT2D eigenvalue weighted by atomic mass is 32.2. The van der Waals surface area contributed by atoms with Crippen LogP contribution in [0.5, 0.6) is 0 Å². The number of amides is 1. The van der Waals surface area contributed by atoms with Crippen LogP contribution in [0.15, 0.2) is 4.36 Å². The van der Waals surface area contributed by atoms with Crippen LogP contribution in [0.1, 0.15) is 19.3 Å². The van der Waals surface area contributed by atoms with Crippen molar-refractivity contribution >= 4 is 15.6 Å². The van der Waals surface area contributed by atoms with E-state index in [1.165, 1.54) is 0 Å². The predicted octanol–water partition coefficient (Wildman–Crippen LogP) is 0.137. The molecule has 0 radical (unpaired) electrons. The van der Waals surface area contributed by atoms with Crippen molar-refractivity contribution in [3.63, 3.8) is 0 Å². The third-order valence-electron chi connectivity index (χ3n) is 2.55. The van der Waals surface area contributed by atoms with E-state index in [-0.39, 0.29) is 11.9 Å². The van der Waals surface area contributed by atoms with Crippen LogP contribution in [0.2, 0.25) is 0 Å². The van der Waals surface area contributed by atoms with Crippen molar-refractivity contribution in [2.45, 2.75) is 25.3 Å². The second-order valence-corrected chi connectivity index (χ2v) is 6.16. The third-order valence-corrected chi connectivity index (χ3v) is 4.92. The van der Waals surface area contributed by atoms with Crippen LogP contribution in [0.3, 0.4) is 0 Å². The smallest absolute Gasteiger partial charge is 0.270 e. The minimum absolute atomic E-state index is 0.140. The van der Waals surface area contributed by atoms with Gasteiger partial charge in [0.25, 0.3) is 5.91 Å². The van der Waals surface area contributed by atoms with E-state index in [2.05, 4.69) is 9.68 Å². The van der Waals surface area contributed by atoms with E-state index in [1.54, 1.807) is 0 Å². The lowest BCUT2D eigenvalue weighted by Crippen LogP contribution is -2.48. The van der Waals surface area contributed by atoms with E-state index in [4.69, 9.17) is 0 Å². The van der Waals surface area contributed by atoms with E-state index >= 15 is 0 Å². The molecule has 0 aromatic heterocycles. The molecule has 1 atom stereocenters. The van der Waals surface area contributed by atoms with Crippen LogP contribution in [-0.2, 0) is 14.5 Å². The maximum absolute atomic E-state index is 11.8. The highest BCUT2D eigenvalue weighted by Gasteiger charge is 2.26. The maximum atomic E-state index is 11.8. The Morgan fingerprint density at radius 1 is 1.38 bits per heavy atom. The Bertz CT molecular complexity index is 315. The molecule has 2 fully saturated rings. The van der Waals surface area contributed by atoms with Crippen LogP contribution in [0, 0.1) is 0 Å². The number of hydrogen-bond donors (Lipinski definition) is 1. The molecule has 2 heterocycles. The van der Waals surface area contributed by atoms with E-state index in [0.717, 1.165) is 25.8 Å². The van der Waals surface area contributed by atoms with E-state index in [0.29, 0.717) is 11.5 Å². The minimum atomic E-state index is -2.14. The van der Waals surface area contributed by atoms with Gasteiger partial charge in [-0.3, -0.25) is 4.79 Å². The standard InChI is InChI=1S/C8H14N2O2S/c11-8(7-3-4-9-7)10-13(12)5-1-2-6-13/h7,9H,1-6H2. The van der Waals surface area contributed by atoms with Gasteiger partial charge in [0, 0.05) is 11.5 Å². The summed E-state index contributed by atoms with van der Waals surface area (Å²) in [4.78, 5) is 11.4. The molecular weight excluding hydrogens is 188 g/mol. The molecule has 1 unspecified atom stereocenters. The topological polar surface area (TPSA) is 58.5 Å². The van der Waals surface area contributed by atoms with Gasteiger partial charge in [0.2, 0.25) is 0 Å². The Kier molecular flexibility index (Phi) is 2.38. The van der Waals surface area contributed by atoms with Crippen molar-refractivity contribution in [2.24, 2.45) is 4.36 Å². The van der Waals surface area contributed by atoms with Gasteiger partial charge in [0.15, 0.2) is 0 Å². The summed E-state index contributed by atoms with van der Waals surface area (Å²) in [6, 6.07) is -0.140. The summed E-state index contributed by atoms with van der Waals surface area (Å²) in [5, 5.41) is 2.97. The lowest BCUT2D eigenvalue weighted by atomic mass is 10.1. The van der Waals surface area contributed by atoms with E-state index in [9.17, 15) is 9.00 Å². The first-order valence-electron chi connectivity index (χ1n) is 4.69. The van der Waals surface area contributed by atoms with Gasteiger partial charge < -0.3 is 5.32 Å². The van der Waals surface area contributed by atoms with Crippen molar-refractivity contribution in [1.82, 2.24) is 5.32 Å². The monoisotopic (exact) mass is 202 g/mol. The summed E-state index contributed by atoms with van der Waals surface area (Å²) >= 11 is 0. The first-order valence-corrected chi connectivity index (χ1v) is 6.55.